The number of allylic oxidation sites excluding steroid dienone is 4. The Balaban J connectivity index is 3.32. The van der Waals surface area contributed by atoms with Crippen LogP contribution in [0.3, 0.4) is 0 Å². The highest BCUT2D eigenvalue weighted by atomic mass is 32.2. The smallest absolute Gasteiger partial charge is 0.413 e. The highest BCUT2D eigenvalue weighted by Gasteiger charge is 2.49. The van der Waals surface area contributed by atoms with Gasteiger partial charge >= 0.3 is 15.6 Å². The largest absolute Gasteiger partial charge is 0.534 e. The van der Waals surface area contributed by atoms with Gasteiger partial charge in [-0.2, -0.15) is 21.6 Å². The molecule has 0 aliphatic heterocycles. The zero-order valence-corrected chi connectivity index (χ0v) is 28.2. The minimum absolute atomic E-state index is 0.00606. The van der Waals surface area contributed by atoms with Crippen LogP contribution < -0.4 is 0 Å². The molecule has 5 nitrogen and oxygen atoms in total. The van der Waals surface area contributed by atoms with Crippen LogP contribution in [0.5, 0.6) is 0 Å². The van der Waals surface area contributed by atoms with E-state index in [0.29, 0.717) is 18.6 Å². The number of hydrogen-bond donors (Lipinski definition) is 0. The predicted molar refractivity (Wildman–Crippen MR) is 154 cm³/mol. The number of alkyl halides is 3. The van der Waals surface area contributed by atoms with Crippen LogP contribution in [0.2, 0.25) is 36.3 Å². The topological polar surface area (TPSA) is 61.8 Å². The summed E-state index contributed by atoms with van der Waals surface area (Å²) in [6.07, 6.45) is 4.13. The standard InChI is InChI=1S/C27H49F3O5SSi2/c1-20-14-13-15-22(19-34-38(11,12)26(6,7)8)23(20)16-17-24(35-36(31,32)27(28,29)30)21(2)18-33-37(9,10)25(3,4)5/h14H,13,15-19H2,1-12H3/b24-21-. The summed E-state index contributed by atoms with van der Waals surface area (Å²) < 4.78 is 80.9. The lowest BCUT2D eigenvalue weighted by Crippen LogP contribution is -2.41. The molecule has 1 rings (SSSR count). The first-order valence-corrected chi connectivity index (χ1v) is 20.4. The molecule has 0 bridgehead atoms. The summed E-state index contributed by atoms with van der Waals surface area (Å²) in [7, 11) is -10.0. The van der Waals surface area contributed by atoms with Crippen molar-refractivity contribution in [2.75, 3.05) is 13.2 Å². The van der Waals surface area contributed by atoms with Gasteiger partial charge in [0.15, 0.2) is 16.6 Å². The van der Waals surface area contributed by atoms with Gasteiger partial charge in [0.1, 0.15) is 5.76 Å². The van der Waals surface area contributed by atoms with Gasteiger partial charge in [0.25, 0.3) is 0 Å². The van der Waals surface area contributed by atoms with Gasteiger partial charge in [-0.25, -0.2) is 0 Å². The maximum absolute atomic E-state index is 13.2. The monoisotopic (exact) mass is 598 g/mol. The average molecular weight is 599 g/mol. The first-order valence-electron chi connectivity index (χ1n) is 13.2. The van der Waals surface area contributed by atoms with Crippen molar-refractivity contribution in [1.82, 2.24) is 0 Å². The highest BCUT2D eigenvalue weighted by molar-refractivity contribution is 7.87. The van der Waals surface area contributed by atoms with Crippen LogP contribution in [0.4, 0.5) is 13.2 Å². The average Bonchev–Trinajstić information content (AvgIpc) is 2.72. The van der Waals surface area contributed by atoms with Gasteiger partial charge in [-0.1, -0.05) is 53.2 Å². The lowest BCUT2D eigenvalue weighted by molar-refractivity contribution is -0.0524. The second-order valence-corrected chi connectivity index (χ2v) is 24.4. The molecule has 0 saturated carbocycles. The van der Waals surface area contributed by atoms with Crippen LogP contribution in [-0.2, 0) is 23.2 Å². The molecule has 11 heteroatoms. The van der Waals surface area contributed by atoms with Crippen molar-refractivity contribution in [2.24, 2.45) is 0 Å². The lowest BCUT2D eigenvalue weighted by atomic mass is 9.88. The first kappa shape index (κ1) is 35.1. The van der Waals surface area contributed by atoms with Crippen LogP contribution in [0.1, 0.15) is 81.1 Å². The molecule has 222 valence electrons. The fourth-order valence-electron chi connectivity index (χ4n) is 3.36. The number of rotatable bonds is 11. The summed E-state index contributed by atoms with van der Waals surface area (Å²) >= 11 is 0. The van der Waals surface area contributed by atoms with Crippen molar-refractivity contribution in [2.45, 2.75) is 123 Å². The third kappa shape index (κ3) is 9.35. The number of hydrogen-bond acceptors (Lipinski definition) is 5. The molecular weight excluding hydrogens is 550 g/mol. The second kappa shape index (κ2) is 12.3. The van der Waals surface area contributed by atoms with E-state index in [9.17, 15) is 21.6 Å². The van der Waals surface area contributed by atoms with E-state index < -0.39 is 32.3 Å². The highest BCUT2D eigenvalue weighted by Crippen LogP contribution is 2.39. The molecular formula is C27H49F3O5SSi2. The SMILES string of the molecule is CC1=CCCC(CO[Si](C)(C)C(C)(C)C)=C1CC/C(OS(=O)(=O)C(F)(F)F)=C(\C)CO[Si](C)(C)C(C)(C)C. The van der Waals surface area contributed by atoms with Crippen LogP contribution in [0.25, 0.3) is 0 Å². The lowest BCUT2D eigenvalue weighted by Gasteiger charge is -2.37. The summed E-state index contributed by atoms with van der Waals surface area (Å²) in [5, 5.41) is -0.0650. The Morgan fingerprint density at radius 2 is 1.45 bits per heavy atom. The third-order valence-electron chi connectivity index (χ3n) is 8.24. The van der Waals surface area contributed by atoms with Crippen LogP contribution in [-0.4, -0.2) is 43.8 Å². The van der Waals surface area contributed by atoms with Gasteiger partial charge in [0.2, 0.25) is 0 Å². The molecule has 0 atom stereocenters. The fourth-order valence-corrected chi connectivity index (χ4v) is 5.93. The molecule has 0 aromatic heterocycles. The van der Waals surface area contributed by atoms with E-state index in [4.69, 9.17) is 13.0 Å². The molecule has 0 spiro atoms. The Bertz CT molecular complexity index is 1040. The Hall–Kier alpha value is -0.886. The van der Waals surface area contributed by atoms with Crippen molar-refractivity contribution < 1.29 is 34.6 Å². The summed E-state index contributed by atoms with van der Waals surface area (Å²) in [5.41, 5.74) is -2.01. The van der Waals surface area contributed by atoms with Crippen molar-refractivity contribution >= 4 is 26.8 Å². The van der Waals surface area contributed by atoms with E-state index >= 15 is 0 Å². The van der Waals surface area contributed by atoms with Crippen molar-refractivity contribution in [3.8, 4) is 0 Å². The summed E-state index contributed by atoms with van der Waals surface area (Å²) in [6.45, 7) is 25.1. The molecule has 0 aromatic rings. The quantitative estimate of drug-likeness (QED) is 0.103. The Labute approximate surface area is 231 Å². The number of halogens is 3. The Morgan fingerprint density at radius 1 is 0.947 bits per heavy atom. The summed E-state index contributed by atoms with van der Waals surface area (Å²) in [4.78, 5) is 0. The normalized spacial score (nSPS) is 17.4. The molecule has 0 saturated heterocycles. The molecule has 0 N–H and O–H groups in total. The van der Waals surface area contributed by atoms with E-state index in [1.807, 2.05) is 20.0 Å². The summed E-state index contributed by atoms with van der Waals surface area (Å²) in [5.74, 6) is -0.212. The molecule has 0 amide bonds. The molecule has 1 aliphatic carbocycles. The predicted octanol–water partition coefficient (Wildman–Crippen LogP) is 8.99. The zero-order chi connectivity index (χ0) is 30.0. The first-order chi connectivity index (χ1) is 16.8. The molecule has 0 radical (unpaired) electrons. The Morgan fingerprint density at radius 3 is 1.92 bits per heavy atom. The van der Waals surface area contributed by atoms with Gasteiger partial charge < -0.3 is 13.0 Å². The van der Waals surface area contributed by atoms with Gasteiger partial charge in [-0.15, -0.1) is 0 Å². The van der Waals surface area contributed by atoms with Crippen molar-refractivity contribution in [3.63, 3.8) is 0 Å². The van der Waals surface area contributed by atoms with Gasteiger partial charge in [0, 0.05) is 6.42 Å². The zero-order valence-electron chi connectivity index (χ0n) is 25.4. The third-order valence-corrected chi connectivity index (χ3v) is 18.2. The maximum atomic E-state index is 13.2. The molecule has 0 aromatic carbocycles. The van der Waals surface area contributed by atoms with Crippen molar-refractivity contribution in [1.29, 1.82) is 0 Å². The molecule has 0 heterocycles. The van der Waals surface area contributed by atoms with Crippen LogP contribution >= 0.6 is 0 Å². The minimum atomic E-state index is -5.80. The van der Waals surface area contributed by atoms with E-state index in [1.165, 1.54) is 0 Å². The fraction of sp³-hybridized carbons (Fsp3) is 0.778. The summed E-state index contributed by atoms with van der Waals surface area (Å²) in [6, 6.07) is 0. The van der Waals surface area contributed by atoms with Gasteiger partial charge in [-0.05, 0) is 86.1 Å². The van der Waals surface area contributed by atoms with E-state index in [-0.39, 0.29) is 28.9 Å². The maximum Gasteiger partial charge on any atom is 0.534 e. The van der Waals surface area contributed by atoms with E-state index in [2.05, 4.69) is 60.7 Å². The van der Waals surface area contributed by atoms with Crippen molar-refractivity contribution in [3.05, 3.63) is 34.1 Å². The van der Waals surface area contributed by atoms with E-state index in [0.717, 1.165) is 29.6 Å². The Kier molecular flexibility index (Phi) is 11.4. The molecule has 38 heavy (non-hydrogen) atoms. The van der Waals surface area contributed by atoms with Crippen LogP contribution in [0.15, 0.2) is 34.1 Å². The second-order valence-electron chi connectivity index (χ2n) is 13.3. The molecule has 0 fully saturated rings. The molecule has 0 unspecified atom stereocenters. The minimum Gasteiger partial charge on any atom is -0.413 e. The van der Waals surface area contributed by atoms with Crippen LogP contribution in [0, 0.1) is 0 Å². The van der Waals surface area contributed by atoms with Gasteiger partial charge in [-0.3, -0.25) is 0 Å². The molecule has 1 aliphatic rings. The van der Waals surface area contributed by atoms with E-state index in [1.54, 1.807) is 6.92 Å². The van der Waals surface area contributed by atoms with Gasteiger partial charge in [0.05, 0.1) is 13.2 Å².